The van der Waals surface area contributed by atoms with Gasteiger partial charge in [-0.2, -0.15) is 5.10 Å². The predicted molar refractivity (Wildman–Crippen MR) is 111 cm³/mol. The van der Waals surface area contributed by atoms with Gasteiger partial charge in [0, 0.05) is 24.8 Å². The van der Waals surface area contributed by atoms with Crippen molar-refractivity contribution in [1.82, 2.24) is 14.7 Å². The van der Waals surface area contributed by atoms with E-state index in [-0.39, 0.29) is 12.0 Å². The predicted octanol–water partition coefficient (Wildman–Crippen LogP) is 3.80. The molecule has 1 atom stereocenters. The molecule has 1 aliphatic rings. The third kappa shape index (κ3) is 3.89. The minimum absolute atomic E-state index is 0.0326. The Hall–Kier alpha value is -3.12. The number of ether oxygens (including phenoxy) is 2. The monoisotopic (exact) mass is 391 g/mol. The quantitative estimate of drug-likeness (QED) is 0.664. The summed E-state index contributed by atoms with van der Waals surface area (Å²) in [5.41, 5.74) is 2.88. The molecule has 0 radical (unpaired) electrons. The van der Waals surface area contributed by atoms with Crippen molar-refractivity contribution >= 4 is 5.91 Å². The number of amides is 1. The van der Waals surface area contributed by atoms with Gasteiger partial charge in [-0.25, -0.2) is 4.68 Å². The van der Waals surface area contributed by atoms with Crippen LogP contribution < -0.4 is 4.74 Å². The summed E-state index contributed by atoms with van der Waals surface area (Å²) in [6, 6.07) is 17.4. The molecule has 1 aliphatic heterocycles. The highest BCUT2D eigenvalue weighted by molar-refractivity contribution is 6.00. The average Bonchev–Trinajstić information content (AvgIpc) is 3.24. The van der Waals surface area contributed by atoms with Crippen molar-refractivity contribution in [3.8, 4) is 22.7 Å². The molecule has 1 fully saturated rings. The zero-order valence-electron chi connectivity index (χ0n) is 16.7. The van der Waals surface area contributed by atoms with Crippen LogP contribution in [-0.4, -0.2) is 53.5 Å². The van der Waals surface area contributed by atoms with Gasteiger partial charge in [-0.15, -0.1) is 0 Å². The molecule has 1 saturated heterocycles. The molecular weight excluding hydrogens is 366 g/mol. The minimum Gasteiger partial charge on any atom is -0.496 e. The van der Waals surface area contributed by atoms with Crippen LogP contribution in [0.5, 0.6) is 5.75 Å². The number of benzene rings is 2. The normalized spacial score (nSPS) is 16.6. The molecule has 1 amide bonds. The van der Waals surface area contributed by atoms with Crippen LogP contribution in [0.4, 0.5) is 0 Å². The van der Waals surface area contributed by atoms with Crippen molar-refractivity contribution in [2.45, 2.75) is 19.4 Å². The lowest BCUT2D eigenvalue weighted by molar-refractivity contribution is -0.0226. The lowest BCUT2D eigenvalue weighted by Gasteiger charge is -2.32. The highest BCUT2D eigenvalue weighted by Gasteiger charge is 2.28. The molecule has 0 spiro atoms. The van der Waals surface area contributed by atoms with Gasteiger partial charge in [0.2, 0.25) is 0 Å². The summed E-state index contributed by atoms with van der Waals surface area (Å²) in [6.07, 6.45) is 2.77. The Labute approximate surface area is 170 Å². The zero-order chi connectivity index (χ0) is 20.2. The first-order valence-corrected chi connectivity index (χ1v) is 9.90. The SMILES string of the molecule is CCC1CN(C(=O)c2cn(-c3ccccc3)nc2-c2ccccc2OC)CCO1. The highest BCUT2D eigenvalue weighted by Crippen LogP contribution is 2.32. The maximum absolute atomic E-state index is 13.5. The van der Waals surface area contributed by atoms with Gasteiger partial charge >= 0.3 is 0 Å². The second-order valence-electron chi connectivity index (χ2n) is 7.02. The van der Waals surface area contributed by atoms with E-state index in [0.717, 1.165) is 17.7 Å². The van der Waals surface area contributed by atoms with Crippen molar-refractivity contribution in [2.75, 3.05) is 26.8 Å². The lowest BCUT2D eigenvalue weighted by atomic mass is 10.1. The summed E-state index contributed by atoms with van der Waals surface area (Å²) in [6.45, 7) is 3.81. The largest absolute Gasteiger partial charge is 0.496 e. The number of carbonyl (C=O) groups is 1. The van der Waals surface area contributed by atoms with Crippen LogP contribution in [-0.2, 0) is 4.74 Å². The Morgan fingerprint density at radius 3 is 2.69 bits per heavy atom. The smallest absolute Gasteiger partial charge is 0.257 e. The Morgan fingerprint density at radius 2 is 1.93 bits per heavy atom. The van der Waals surface area contributed by atoms with Crippen molar-refractivity contribution in [3.05, 3.63) is 66.4 Å². The van der Waals surface area contributed by atoms with E-state index >= 15 is 0 Å². The van der Waals surface area contributed by atoms with Crippen LogP contribution >= 0.6 is 0 Å². The summed E-state index contributed by atoms with van der Waals surface area (Å²) in [4.78, 5) is 15.3. The van der Waals surface area contributed by atoms with E-state index in [1.165, 1.54) is 0 Å². The number of rotatable bonds is 5. The maximum atomic E-state index is 13.5. The Bertz CT molecular complexity index is 984. The minimum atomic E-state index is -0.0326. The molecule has 0 N–H and O–H groups in total. The number of methoxy groups -OCH3 is 1. The van der Waals surface area contributed by atoms with Gasteiger partial charge in [0.25, 0.3) is 5.91 Å². The maximum Gasteiger partial charge on any atom is 0.257 e. The first-order valence-electron chi connectivity index (χ1n) is 9.90. The molecule has 0 aliphatic carbocycles. The van der Waals surface area contributed by atoms with E-state index in [4.69, 9.17) is 14.6 Å². The van der Waals surface area contributed by atoms with Crippen LogP contribution in [0.2, 0.25) is 0 Å². The van der Waals surface area contributed by atoms with Gasteiger partial charge < -0.3 is 14.4 Å². The number of morpholine rings is 1. The second-order valence-corrected chi connectivity index (χ2v) is 7.02. The van der Waals surface area contributed by atoms with Crippen LogP contribution in [0.15, 0.2) is 60.8 Å². The van der Waals surface area contributed by atoms with Crippen molar-refractivity contribution in [1.29, 1.82) is 0 Å². The molecule has 2 aromatic carbocycles. The summed E-state index contributed by atoms with van der Waals surface area (Å²) in [7, 11) is 1.63. The summed E-state index contributed by atoms with van der Waals surface area (Å²) in [5.74, 6) is 0.656. The van der Waals surface area contributed by atoms with Crippen molar-refractivity contribution in [3.63, 3.8) is 0 Å². The fourth-order valence-corrected chi connectivity index (χ4v) is 3.60. The van der Waals surface area contributed by atoms with Gasteiger partial charge in [-0.3, -0.25) is 4.79 Å². The van der Waals surface area contributed by atoms with E-state index < -0.39 is 0 Å². The van der Waals surface area contributed by atoms with Gasteiger partial charge in [-0.1, -0.05) is 37.3 Å². The first-order chi connectivity index (χ1) is 14.2. The summed E-state index contributed by atoms with van der Waals surface area (Å²) < 4.78 is 13.0. The third-order valence-corrected chi connectivity index (χ3v) is 5.21. The molecule has 0 saturated carbocycles. The van der Waals surface area contributed by atoms with Crippen molar-refractivity contribution < 1.29 is 14.3 Å². The molecule has 1 aromatic heterocycles. The Morgan fingerprint density at radius 1 is 1.17 bits per heavy atom. The molecule has 3 aromatic rings. The van der Waals surface area contributed by atoms with E-state index in [1.54, 1.807) is 11.8 Å². The number of hydrogen-bond acceptors (Lipinski definition) is 4. The topological polar surface area (TPSA) is 56.6 Å². The Balaban J connectivity index is 1.79. The molecule has 6 heteroatoms. The number of aromatic nitrogens is 2. The van der Waals surface area contributed by atoms with Gasteiger partial charge in [0.15, 0.2) is 0 Å². The number of hydrogen-bond donors (Lipinski definition) is 0. The van der Waals surface area contributed by atoms with Gasteiger partial charge in [0.05, 0.1) is 31.1 Å². The molecule has 4 rings (SSSR count). The van der Waals surface area contributed by atoms with Crippen molar-refractivity contribution in [2.24, 2.45) is 0 Å². The summed E-state index contributed by atoms with van der Waals surface area (Å²) >= 11 is 0. The number of nitrogens with zero attached hydrogens (tertiary/aromatic N) is 3. The second kappa shape index (κ2) is 8.49. The molecule has 0 bridgehead atoms. The van der Waals surface area contributed by atoms with Gasteiger partial charge in [0.1, 0.15) is 11.4 Å². The molecule has 6 nitrogen and oxygen atoms in total. The van der Waals surface area contributed by atoms with Crippen LogP contribution in [0, 0.1) is 0 Å². The van der Waals surface area contributed by atoms with Crippen LogP contribution in [0.25, 0.3) is 16.9 Å². The fraction of sp³-hybridized carbons (Fsp3) is 0.304. The standard InChI is InChI=1S/C23H25N3O3/c1-3-18-15-25(13-14-29-18)23(27)20-16-26(17-9-5-4-6-10-17)24-22(20)19-11-7-8-12-21(19)28-2/h4-12,16,18H,3,13-15H2,1-2H3. The third-order valence-electron chi connectivity index (χ3n) is 5.21. The number of carbonyl (C=O) groups excluding carboxylic acids is 1. The van der Waals surface area contributed by atoms with E-state index in [9.17, 15) is 4.79 Å². The molecular formula is C23H25N3O3. The van der Waals surface area contributed by atoms with Crippen LogP contribution in [0.1, 0.15) is 23.7 Å². The van der Waals surface area contributed by atoms with E-state index in [0.29, 0.717) is 36.7 Å². The molecule has 2 heterocycles. The van der Waals surface area contributed by atoms with Crippen LogP contribution in [0.3, 0.4) is 0 Å². The fourth-order valence-electron chi connectivity index (χ4n) is 3.60. The van der Waals surface area contributed by atoms with Gasteiger partial charge in [-0.05, 0) is 30.7 Å². The average molecular weight is 391 g/mol. The summed E-state index contributed by atoms with van der Waals surface area (Å²) in [5, 5.41) is 4.77. The van der Waals surface area contributed by atoms with E-state index in [2.05, 4.69) is 6.92 Å². The molecule has 29 heavy (non-hydrogen) atoms. The number of para-hydroxylation sites is 2. The highest BCUT2D eigenvalue weighted by atomic mass is 16.5. The lowest BCUT2D eigenvalue weighted by Crippen LogP contribution is -2.45. The van der Waals surface area contributed by atoms with E-state index in [1.807, 2.05) is 65.7 Å². The molecule has 1 unspecified atom stereocenters. The zero-order valence-corrected chi connectivity index (χ0v) is 16.7. The molecule has 150 valence electrons. The first kappa shape index (κ1) is 19.2. The Kier molecular flexibility index (Phi) is 5.62.